The fraction of sp³-hybridized carbons (Fsp3) is 0.200. The van der Waals surface area contributed by atoms with Gasteiger partial charge in [-0.1, -0.05) is 54.6 Å². The monoisotopic (exact) mass is 401 g/mol. The molecule has 152 valence electrons. The average molecular weight is 401 g/mol. The van der Waals surface area contributed by atoms with Gasteiger partial charge >= 0.3 is 11.9 Å². The van der Waals surface area contributed by atoms with Gasteiger partial charge in [0.05, 0.1) is 5.56 Å². The summed E-state index contributed by atoms with van der Waals surface area (Å²) in [5, 5.41) is 8.87. The lowest BCUT2D eigenvalue weighted by Crippen LogP contribution is -2.14. The predicted octanol–water partition coefficient (Wildman–Crippen LogP) is 4.65. The molecule has 0 unspecified atom stereocenters. The largest absolute Gasteiger partial charge is 0.481 e. The van der Waals surface area contributed by atoms with Gasteiger partial charge in [-0.25, -0.2) is 4.79 Å². The number of ether oxygens (including phenoxy) is 1. The van der Waals surface area contributed by atoms with Crippen molar-refractivity contribution in [3.05, 3.63) is 89.0 Å². The maximum absolute atomic E-state index is 12.9. The van der Waals surface area contributed by atoms with E-state index in [0.717, 1.165) is 16.7 Å². The van der Waals surface area contributed by atoms with Crippen molar-refractivity contribution in [1.82, 2.24) is 0 Å². The van der Waals surface area contributed by atoms with Crippen molar-refractivity contribution < 1.29 is 19.4 Å². The maximum atomic E-state index is 12.9. The molecule has 0 saturated carbocycles. The SMILES string of the molecule is Nc1ccc(CCCC(=O)O)c(C(=O)OCC2c3ccccc3-c3ccccc32)c1. The Morgan fingerprint density at radius 1 is 0.933 bits per heavy atom. The number of carbonyl (C=O) groups excluding carboxylic acids is 1. The number of nitrogen functional groups attached to an aromatic ring is 1. The summed E-state index contributed by atoms with van der Waals surface area (Å²) in [6.45, 7) is 0.232. The molecular weight excluding hydrogens is 378 g/mol. The van der Waals surface area contributed by atoms with Gasteiger partial charge in [0.25, 0.3) is 0 Å². The standard InChI is InChI=1S/C25H23NO4/c26-17-13-12-16(6-5-11-24(27)28)22(14-17)25(29)30-15-23-20-9-3-1-7-18(20)19-8-2-4-10-21(19)23/h1-4,7-10,12-14,23H,5-6,11,15,26H2,(H,27,28). The molecule has 0 radical (unpaired) electrons. The summed E-state index contributed by atoms with van der Waals surface area (Å²) in [5.74, 6) is -1.31. The molecule has 0 amide bonds. The maximum Gasteiger partial charge on any atom is 0.338 e. The van der Waals surface area contributed by atoms with E-state index in [9.17, 15) is 9.59 Å². The van der Waals surface area contributed by atoms with E-state index in [1.165, 1.54) is 11.1 Å². The van der Waals surface area contributed by atoms with Crippen LogP contribution in [0.5, 0.6) is 0 Å². The molecule has 0 aromatic heterocycles. The van der Waals surface area contributed by atoms with Crippen LogP contribution in [0, 0.1) is 0 Å². The number of aliphatic carboxylic acids is 1. The van der Waals surface area contributed by atoms with Crippen LogP contribution in [0.1, 0.15) is 45.8 Å². The van der Waals surface area contributed by atoms with Gasteiger partial charge in [0.1, 0.15) is 6.61 Å². The van der Waals surface area contributed by atoms with E-state index in [0.29, 0.717) is 24.1 Å². The molecule has 5 heteroatoms. The Bertz CT molecular complexity index is 1060. The molecule has 0 spiro atoms. The first-order valence-electron chi connectivity index (χ1n) is 10.00. The zero-order valence-corrected chi connectivity index (χ0v) is 16.5. The first-order valence-corrected chi connectivity index (χ1v) is 10.00. The second-order valence-corrected chi connectivity index (χ2v) is 7.49. The molecule has 0 bridgehead atoms. The smallest absolute Gasteiger partial charge is 0.338 e. The fourth-order valence-corrected chi connectivity index (χ4v) is 4.11. The number of fused-ring (bicyclic) bond motifs is 3. The minimum atomic E-state index is -0.854. The molecular formula is C25H23NO4. The third kappa shape index (κ3) is 3.92. The highest BCUT2D eigenvalue weighted by molar-refractivity contribution is 5.92. The first kappa shape index (κ1) is 19.7. The lowest BCUT2D eigenvalue weighted by atomic mass is 9.98. The van der Waals surface area contributed by atoms with Crippen LogP contribution in [0.2, 0.25) is 0 Å². The van der Waals surface area contributed by atoms with Crippen LogP contribution in [0.15, 0.2) is 66.7 Å². The van der Waals surface area contributed by atoms with Gasteiger partial charge in [-0.05, 0) is 52.8 Å². The van der Waals surface area contributed by atoms with Crippen LogP contribution in [-0.2, 0) is 16.0 Å². The molecule has 1 aliphatic rings. The highest BCUT2D eigenvalue weighted by atomic mass is 16.5. The van der Waals surface area contributed by atoms with E-state index in [2.05, 4.69) is 24.3 Å². The Kier molecular flexibility index (Phi) is 5.53. The quantitative estimate of drug-likeness (QED) is 0.444. The van der Waals surface area contributed by atoms with Crippen LogP contribution in [0.4, 0.5) is 5.69 Å². The third-order valence-corrected chi connectivity index (χ3v) is 5.53. The third-order valence-electron chi connectivity index (χ3n) is 5.53. The Hall–Kier alpha value is -3.60. The number of nitrogens with two attached hydrogens (primary N) is 1. The minimum Gasteiger partial charge on any atom is -0.481 e. The number of hydrogen-bond acceptors (Lipinski definition) is 4. The second kappa shape index (κ2) is 8.41. The lowest BCUT2D eigenvalue weighted by molar-refractivity contribution is -0.137. The summed E-state index contributed by atoms with van der Waals surface area (Å²) in [4.78, 5) is 23.7. The van der Waals surface area contributed by atoms with E-state index >= 15 is 0 Å². The summed E-state index contributed by atoms with van der Waals surface area (Å²) >= 11 is 0. The van der Waals surface area contributed by atoms with Crippen LogP contribution >= 0.6 is 0 Å². The van der Waals surface area contributed by atoms with Gasteiger partial charge < -0.3 is 15.6 Å². The molecule has 3 aromatic carbocycles. The van der Waals surface area contributed by atoms with Crippen molar-refractivity contribution in [3.63, 3.8) is 0 Å². The Balaban J connectivity index is 1.53. The molecule has 4 rings (SSSR count). The summed E-state index contributed by atoms with van der Waals surface area (Å²) in [5.41, 5.74) is 12.2. The molecule has 1 aliphatic carbocycles. The highest BCUT2D eigenvalue weighted by Gasteiger charge is 2.29. The van der Waals surface area contributed by atoms with E-state index in [1.807, 2.05) is 24.3 Å². The molecule has 3 aromatic rings. The molecule has 0 aliphatic heterocycles. The molecule has 3 N–H and O–H groups in total. The van der Waals surface area contributed by atoms with Gasteiger partial charge in [0.2, 0.25) is 0 Å². The van der Waals surface area contributed by atoms with Crippen LogP contribution in [-0.4, -0.2) is 23.7 Å². The molecule has 0 saturated heterocycles. The van der Waals surface area contributed by atoms with Crippen molar-refractivity contribution >= 4 is 17.6 Å². The van der Waals surface area contributed by atoms with Crippen LogP contribution < -0.4 is 5.73 Å². The number of carboxylic acids is 1. The van der Waals surface area contributed by atoms with Crippen LogP contribution in [0.3, 0.4) is 0 Å². The molecule has 0 heterocycles. The van der Waals surface area contributed by atoms with Gasteiger partial charge in [0, 0.05) is 18.0 Å². The predicted molar refractivity (Wildman–Crippen MR) is 115 cm³/mol. The van der Waals surface area contributed by atoms with Crippen LogP contribution in [0.25, 0.3) is 11.1 Å². The average Bonchev–Trinajstić information content (AvgIpc) is 3.06. The van der Waals surface area contributed by atoms with Crippen molar-refractivity contribution in [2.45, 2.75) is 25.2 Å². The number of carboxylic acid groups (broad SMARTS) is 1. The minimum absolute atomic E-state index is 0.0159. The Morgan fingerprint density at radius 2 is 1.57 bits per heavy atom. The normalized spacial score (nSPS) is 12.3. The number of hydrogen-bond donors (Lipinski definition) is 2. The zero-order valence-electron chi connectivity index (χ0n) is 16.5. The van der Waals surface area contributed by atoms with Crippen molar-refractivity contribution in [3.8, 4) is 11.1 Å². The Morgan fingerprint density at radius 3 is 2.20 bits per heavy atom. The van der Waals surface area contributed by atoms with Gasteiger partial charge in [-0.3, -0.25) is 4.79 Å². The summed E-state index contributed by atoms with van der Waals surface area (Å²) in [7, 11) is 0. The fourth-order valence-electron chi connectivity index (χ4n) is 4.11. The number of benzene rings is 3. The molecule has 5 nitrogen and oxygen atoms in total. The zero-order chi connectivity index (χ0) is 21.1. The molecule has 0 atom stereocenters. The van der Waals surface area contributed by atoms with Gasteiger partial charge in [-0.15, -0.1) is 0 Å². The topological polar surface area (TPSA) is 89.6 Å². The number of carbonyl (C=O) groups is 2. The number of aryl methyl sites for hydroxylation is 1. The second-order valence-electron chi connectivity index (χ2n) is 7.49. The van der Waals surface area contributed by atoms with Crippen molar-refractivity contribution in [2.75, 3.05) is 12.3 Å². The summed E-state index contributed by atoms with van der Waals surface area (Å²) < 4.78 is 5.74. The van der Waals surface area contributed by atoms with E-state index in [1.54, 1.807) is 18.2 Å². The number of esters is 1. The molecule has 30 heavy (non-hydrogen) atoms. The van der Waals surface area contributed by atoms with Gasteiger partial charge in [0.15, 0.2) is 0 Å². The highest BCUT2D eigenvalue weighted by Crippen LogP contribution is 2.44. The van der Waals surface area contributed by atoms with Crippen molar-refractivity contribution in [2.24, 2.45) is 0 Å². The van der Waals surface area contributed by atoms with E-state index in [4.69, 9.17) is 15.6 Å². The van der Waals surface area contributed by atoms with Crippen molar-refractivity contribution in [1.29, 1.82) is 0 Å². The summed E-state index contributed by atoms with van der Waals surface area (Å²) in [6.07, 6.45) is 0.976. The number of anilines is 1. The van der Waals surface area contributed by atoms with E-state index in [-0.39, 0.29) is 18.9 Å². The number of rotatable bonds is 7. The van der Waals surface area contributed by atoms with E-state index < -0.39 is 11.9 Å². The molecule has 0 fully saturated rings. The summed E-state index contributed by atoms with van der Waals surface area (Å²) in [6, 6.07) is 21.5. The lowest BCUT2D eigenvalue weighted by Gasteiger charge is -2.15. The Labute approximate surface area is 175 Å². The van der Waals surface area contributed by atoms with Gasteiger partial charge in [-0.2, -0.15) is 0 Å². The first-order chi connectivity index (χ1) is 14.5.